The summed E-state index contributed by atoms with van der Waals surface area (Å²) >= 11 is 1.26. The number of hydrogen-bond donors (Lipinski definition) is 2. The summed E-state index contributed by atoms with van der Waals surface area (Å²) in [6, 6.07) is 13.6. The third-order valence-corrected chi connectivity index (χ3v) is 4.96. The number of hydrogen-bond acceptors (Lipinski definition) is 7. The quantitative estimate of drug-likeness (QED) is 0.619. The average Bonchev–Trinajstić information content (AvgIpc) is 3.22. The molecule has 3 rings (SSSR count). The van der Waals surface area contributed by atoms with E-state index in [1.54, 1.807) is 25.1 Å². The van der Waals surface area contributed by atoms with Crippen molar-refractivity contribution in [3.05, 3.63) is 54.1 Å². The lowest BCUT2D eigenvalue weighted by molar-refractivity contribution is -0.117. The molecule has 2 N–H and O–H groups in total. The highest BCUT2D eigenvalue weighted by Crippen LogP contribution is 2.26. The SMILES string of the molecule is COc1ccc(C(=O)N[C@H](C)C(=O)Nc2nnc(-c3ccccc3)s2)c(OC)c1. The Morgan fingerprint density at radius 1 is 1.03 bits per heavy atom. The van der Waals surface area contributed by atoms with Crippen molar-refractivity contribution in [3.8, 4) is 22.1 Å². The van der Waals surface area contributed by atoms with Crippen LogP contribution >= 0.6 is 11.3 Å². The van der Waals surface area contributed by atoms with E-state index in [1.807, 2.05) is 30.3 Å². The smallest absolute Gasteiger partial charge is 0.255 e. The zero-order valence-electron chi connectivity index (χ0n) is 16.1. The maximum atomic E-state index is 12.5. The van der Waals surface area contributed by atoms with Crippen molar-refractivity contribution in [1.82, 2.24) is 15.5 Å². The Balaban J connectivity index is 1.64. The van der Waals surface area contributed by atoms with Gasteiger partial charge in [0, 0.05) is 11.6 Å². The Morgan fingerprint density at radius 3 is 2.48 bits per heavy atom. The highest BCUT2D eigenvalue weighted by Gasteiger charge is 2.21. The first-order chi connectivity index (χ1) is 14.0. The molecule has 0 saturated carbocycles. The van der Waals surface area contributed by atoms with E-state index >= 15 is 0 Å². The Morgan fingerprint density at radius 2 is 1.79 bits per heavy atom. The lowest BCUT2D eigenvalue weighted by Gasteiger charge is -2.15. The topological polar surface area (TPSA) is 102 Å². The first-order valence-corrected chi connectivity index (χ1v) is 9.56. The van der Waals surface area contributed by atoms with Crippen molar-refractivity contribution >= 4 is 28.3 Å². The monoisotopic (exact) mass is 412 g/mol. The fraction of sp³-hybridized carbons (Fsp3) is 0.200. The number of amides is 2. The molecule has 0 radical (unpaired) electrons. The molecule has 8 nitrogen and oxygen atoms in total. The number of nitrogens with one attached hydrogen (secondary N) is 2. The molecular formula is C20H20N4O4S. The minimum Gasteiger partial charge on any atom is -0.497 e. The lowest BCUT2D eigenvalue weighted by atomic mass is 10.1. The molecule has 0 unspecified atom stereocenters. The van der Waals surface area contributed by atoms with E-state index in [0.717, 1.165) is 5.56 Å². The van der Waals surface area contributed by atoms with Gasteiger partial charge < -0.3 is 14.8 Å². The van der Waals surface area contributed by atoms with Crippen molar-refractivity contribution in [2.75, 3.05) is 19.5 Å². The second-order valence-electron chi connectivity index (χ2n) is 6.03. The molecule has 0 aliphatic heterocycles. The molecule has 2 amide bonds. The summed E-state index contributed by atoms with van der Waals surface area (Å²) in [6.45, 7) is 1.59. The van der Waals surface area contributed by atoms with Crippen LogP contribution in [0.15, 0.2) is 48.5 Å². The van der Waals surface area contributed by atoms with Crippen LogP contribution in [0.3, 0.4) is 0 Å². The number of rotatable bonds is 7. The summed E-state index contributed by atoms with van der Waals surface area (Å²) in [5, 5.41) is 14.5. The van der Waals surface area contributed by atoms with Gasteiger partial charge in [-0.2, -0.15) is 0 Å². The average molecular weight is 412 g/mol. The largest absolute Gasteiger partial charge is 0.497 e. The number of anilines is 1. The molecule has 0 saturated heterocycles. The molecule has 0 aliphatic rings. The van der Waals surface area contributed by atoms with Crippen molar-refractivity contribution in [3.63, 3.8) is 0 Å². The summed E-state index contributed by atoms with van der Waals surface area (Å²) < 4.78 is 10.4. The van der Waals surface area contributed by atoms with Gasteiger partial charge in [0.25, 0.3) is 5.91 Å². The van der Waals surface area contributed by atoms with Gasteiger partial charge in [-0.15, -0.1) is 10.2 Å². The number of aromatic nitrogens is 2. The van der Waals surface area contributed by atoms with Gasteiger partial charge in [0.15, 0.2) is 0 Å². The molecule has 9 heteroatoms. The maximum Gasteiger partial charge on any atom is 0.255 e. The van der Waals surface area contributed by atoms with Gasteiger partial charge in [0.1, 0.15) is 22.5 Å². The van der Waals surface area contributed by atoms with E-state index in [4.69, 9.17) is 9.47 Å². The Kier molecular flexibility index (Phi) is 6.40. The molecule has 1 atom stereocenters. The van der Waals surface area contributed by atoms with Gasteiger partial charge in [-0.05, 0) is 19.1 Å². The van der Waals surface area contributed by atoms with Gasteiger partial charge in [0.05, 0.1) is 19.8 Å². The summed E-state index contributed by atoms with van der Waals surface area (Å²) in [4.78, 5) is 25.0. The predicted octanol–water partition coefficient (Wildman–Crippen LogP) is 2.98. The minimum atomic E-state index is -0.793. The molecular weight excluding hydrogens is 392 g/mol. The summed E-state index contributed by atoms with van der Waals surface area (Å²) in [5.41, 5.74) is 1.22. The van der Waals surface area contributed by atoms with Crippen molar-refractivity contribution in [2.24, 2.45) is 0 Å². The van der Waals surface area contributed by atoms with E-state index in [9.17, 15) is 9.59 Å². The van der Waals surface area contributed by atoms with Gasteiger partial charge in [-0.1, -0.05) is 41.7 Å². The fourth-order valence-corrected chi connectivity index (χ4v) is 3.26. The third-order valence-electron chi connectivity index (χ3n) is 4.07. The molecule has 0 spiro atoms. The van der Waals surface area contributed by atoms with Crippen LogP contribution in [0, 0.1) is 0 Å². The zero-order valence-corrected chi connectivity index (χ0v) is 16.9. The van der Waals surface area contributed by atoms with Gasteiger partial charge >= 0.3 is 0 Å². The van der Waals surface area contributed by atoms with Gasteiger partial charge in [-0.25, -0.2) is 0 Å². The second kappa shape index (κ2) is 9.16. The van der Waals surface area contributed by atoms with Gasteiger partial charge in [0.2, 0.25) is 11.0 Å². The highest BCUT2D eigenvalue weighted by molar-refractivity contribution is 7.18. The van der Waals surface area contributed by atoms with Gasteiger partial charge in [-0.3, -0.25) is 14.9 Å². The molecule has 2 aromatic carbocycles. The summed E-state index contributed by atoms with van der Waals surface area (Å²) in [5.74, 6) is 0.0803. The van der Waals surface area contributed by atoms with Crippen LogP contribution in [0.1, 0.15) is 17.3 Å². The van der Waals surface area contributed by atoms with E-state index in [1.165, 1.54) is 25.6 Å². The summed E-state index contributed by atoms with van der Waals surface area (Å²) in [6.07, 6.45) is 0. The Labute approximate surface area is 171 Å². The second-order valence-corrected chi connectivity index (χ2v) is 7.01. The Hall–Kier alpha value is -3.46. The number of carbonyl (C=O) groups is 2. The van der Waals surface area contributed by atoms with Crippen LogP contribution in [0.5, 0.6) is 11.5 Å². The Bertz CT molecular complexity index is 1010. The number of ether oxygens (including phenoxy) is 2. The molecule has 0 aliphatic carbocycles. The minimum absolute atomic E-state index is 0.301. The van der Waals surface area contributed by atoms with Crippen LogP contribution in [0.2, 0.25) is 0 Å². The van der Waals surface area contributed by atoms with Crippen molar-refractivity contribution in [1.29, 1.82) is 0 Å². The number of methoxy groups -OCH3 is 2. The molecule has 0 bridgehead atoms. The highest BCUT2D eigenvalue weighted by atomic mass is 32.1. The first kappa shape index (κ1) is 20.3. The molecule has 1 aromatic heterocycles. The van der Waals surface area contributed by atoms with E-state index in [-0.39, 0.29) is 0 Å². The van der Waals surface area contributed by atoms with E-state index < -0.39 is 17.9 Å². The van der Waals surface area contributed by atoms with Crippen molar-refractivity contribution in [2.45, 2.75) is 13.0 Å². The molecule has 0 fully saturated rings. The van der Waals surface area contributed by atoms with Crippen molar-refractivity contribution < 1.29 is 19.1 Å². The fourth-order valence-electron chi connectivity index (χ4n) is 2.51. The molecule has 150 valence electrons. The van der Waals surface area contributed by atoms with Crippen LogP contribution in [-0.4, -0.2) is 42.3 Å². The van der Waals surface area contributed by atoms with Crippen LogP contribution in [-0.2, 0) is 4.79 Å². The normalized spacial score (nSPS) is 11.4. The van der Waals surface area contributed by atoms with Crippen LogP contribution in [0.25, 0.3) is 10.6 Å². The van der Waals surface area contributed by atoms with E-state index in [0.29, 0.717) is 27.2 Å². The maximum absolute atomic E-state index is 12.5. The molecule has 1 heterocycles. The predicted molar refractivity (Wildman–Crippen MR) is 110 cm³/mol. The number of benzene rings is 2. The summed E-state index contributed by atoms with van der Waals surface area (Å²) in [7, 11) is 2.99. The molecule has 3 aromatic rings. The van der Waals surface area contributed by atoms with Crippen LogP contribution < -0.4 is 20.1 Å². The lowest BCUT2D eigenvalue weighted by Crippen LogP contribution is -2.41. The number of carbonyl (C=O) groups excluding carboxylic acids is 2. The first-order valence-electron chi connectivity index (χ1n) is 8.74. The number of nitrogens with zero attached hydrogens (tertiary/aromatic N) is 2. The zero-order chi connectivity index (χ0) is 20.8. The standard InChI is InChI=1S/C20H20N4O4S/c1-12(21-18(26)15-10-9-14(27-2)11-16(15)28-3)17(25)22-20-24-23-19(29-20)13-7-5-4-6-8-13/h4-12H,1-3H3,(H,21,26)(H,22,24,25)/t12-/m1/s1. The van der Waals surface area contributed by atoms with Crippen LogP contribution in [0.4, 0.5) is 5.13 Å². The van der Waals surface area contributed by atoms with E-state index in [2.05, 4.69) is 20.8 Å². The molecule has 29 heavy (non-hydrogen) atoms. The third kappa shape index (κ3) is 4.88.